The smallest absolute Gasteiger partial charge is 0.259 e. The summed E-state index contributed by atoms with van der Waals surface area (Å²) < 4.78 is 16.5. The number of rotatable bonds is 9. The number of hydrogen-bond donors (Lipinski definition) is 1. The van der Waals surface area contributed by atoms with Gasteiger partial charge in [-0.15, -0.1) is 21.5 Å². The zero-order valence-electron chi connectivity index (χ0n) is 24.5. The first-order valence-electron chi connectivity index (χ1n) is 14.1. The van der Waals surface area contributed by atoms with Crippen molar-refractivity contribution in [3.05, 3.63) is 93.4 Å². The minimum atomic E-state index is -0.363. The summed E-state index contributed by atoms with van der Waals surface area (Å²) in [6.45, 7) is 0.450. The lowest BCUT2D eigenvalue weighted by Crippen LogP contribution is -2.14. The van der Waals surface area contributed by atoms with Crippen LogP contribution in [0.25, 0.3) is 11.4 Å². The number of nitrogens with one attached hydrogen (secondary N) is 1. The van der Waals surface area contributed by atoms with Crippen molar-refractivity contribution in [2.45, 2.75) is 31.7 Å². The molecule has 1 aliphatic carbocycles. The molecule has 0 atom stereocenters. The van der Waals surface area contributed by atoms with Gasteiger partial charge in [0.2, 0.25) is 5.82 Å². The summed E-state index contributed by atoms with van der Waals surface area (Å²) in [5, 5.41) is 18.7. The van der Waals surface area contributed by atoms with E-state index in [0.29, 0.717) is 52.2 Å². The van der Waals surface area contributed by atoms with Gasteiger partial charge in [-0.05, 0) is 72.0 Å². The van der Waals surface area contributed by atoms with E-state index in [2.05, 4.69) is 42.9 Å². The number of anilines is 1. The summed E-state index contributed by atoms with van der Waals surface area (Å²) in [5.41, 5.74) is 4.28. The fraction of sp³-hybridized carbons (Fsp3) is 0.242. The van der Waals surface area contributed by atoms with Gasteiger partial charge in [0, 0.05) is 16.9 Å². The van der Waals surface area contributed by atoms with Gasteiger partial charge in [0.15, 0.2) is 10.8 Å². The van der Waals surface area contributed by atoms with Crippen LogP contribution in [0.1, 0.15) is 57.4 Å². The fourth-order valence-electron chi connectivity index (χ4n) is 4.84. The van der Waals surface area contributed by atoms with E-state index in [0.717, 1.165) is 22.0 Å². The minimum absolute atomic E-state index is 0.340. The van der Waals surface area contributed by atoms with Gasteiger partial charge in [-0.2, -0.15) is 4.80 Å². The van der Waals surface area contributed by atoms with Crippen molar-refractivity contribution in [1.82, 2.24) is 25.2 Å². The average molecular weight is 607 g/mol. The number of ether oxygens (including phenoxy) is 3. The van der Waals surface area contributed by atoms with E-state index in [9.17, 15) is 4.79 Å². The molecular formula is C33H30N6O4S. The van der Waals surface area contributed by atoms with Crippen LogP contribution in [0.15, 0.2) is 66.0 Å². The number of amides is 1. The third-order valence-electron chi connectivity index (χ3n) is 7.46. The SMILES string of the molecule is COc1ccc(Cn2nnc(-c3ccc(C(=O)Nc4cccc(C#Cc5nc(C6CCC6)cs5)c4OC)c(OC)c3)n2)cc1. The van der Waals surface area contributed by atoms with Gasteiger partial charge in [0.1, 0.15) is 11.5 Å². The first-order valence-corrected chi connectivity index (χ1v) is 15.0. The van der Waals surface area contributed by atoms with Crippen molar-refractivity contribution in [3.8, 4) is 40.5 Å². The topological polar surface area (TPSA) is 113 Å². The van der Waals surface area contributed by atoms with Crippen LogP contribution in [0, 0.1) is 11.8 Å². The largest absolute Gasteiger partial charge is 0.497 e. The van der Waals surface area contributed by atoms with Crippen LogP contribution >= 0.6 is 11.3 Å². The number of thiazole rings is 1. The van der Waals surface area contributed by atoms with Gasteiger partial charge in [-0.25, -0.2) is 4.98 Å². The number of benzene rings is 3. The predicted octanol–water partition coefficient (Wildman–Crippen LogP) is 5.79. The van der Waals surface area contributed by atoms with Crippen molar-refractivity contribution in [3.63, 3.8) is 0 Å². The Kier molecular flexibility index (Phi) is 8.52. The van der Waals surface area contributed by atoms with E-state index < -0.39 is 0 Å². The molecule has 1 N–H and O–H groups in total. The summed E-state index contributed by atoms with van der Waals surface area (Å²) >= 11 is 1.55. The minimum Gasteiger partial charge on any atom is -0.497 e. The first-order chi connectivity index (χ1) is 21.5. The molecule has 1 saturated carbocycles. The standard InChI is InChI=1S/C33H30N6O4S/c1-41-25-14-10-21(11-15-25)19-39-37-32(36-38-39)24-12-16-26(29(18-24)42-2)33(40)35-27-9-5-8-23(31(27)43-3)13-17-30-34-28(20-44-30)22-6-4-7-22/h5,8-12,14-16,18,20,22H,4,6-7,19H2,1-3H3,(H,35,40). The average Bonchev–Trinajstić information content (AvgIpc) is 3.69. The molecule has 0 radical (unpaired) electrons. The van der Waals surface area contributed by atoms with E-state index in [1.807, 2.05) is 36.4 Å². The molecule has 1 amide bonds. The predicted molar refractivity (Wildman–Crippen MR) is 168 cm³/mol. The second-order valence-corrected chi connectivity index (χ2v) is 11.1. The Morgan fingerprint density at radius 1 is 1.02 bits per heavy atom. The molecule has 0 bridgehead atoms. The number of para-hydroxylation sites is 1. The zero-order valence-corrected chi connectivity index (χ0v) is 25.4. The summed E-state index contributed by atoms with van der Waals surface area (Å²) in [6, 6.07) is 18.3. The number of methoxy groups -OCH3 is 3. The van der Waals surface area contributed by atoms with Crippen LogP contribution < -0.4 is 19.5 Å². The summed E-state index contributed by atoms with van der Waals surface area (Å²) in [5.74, 6) is 8.55. The number of carbonyl (C=O) groups is 1. The molecule has 44 heavy (non-hydrogen) atoms. The van der Waals surface area contributed by atoms with Crippen molar-refractivity contribution >= 4 is 22.9 Å². The van der Waals surface area contributed by atoms with Gasteiger partial charge in [0.05, 0.1) is 50.4 Å². The molecular weight excluding hydrogens is 576 g/mol. The molecule has 2 aromatic heterocycles. The summed E-state index contributed by atoms with van der Waals surface area (Å²) in [6.07, 6.45) is 3.66. The molecule has 0 saturated heterocycles. The Balaban J connectivity index is 1.17. The Morgan fingerprint density at radius 2 is 1.86 bits per heavy atom. The Morgan fingerprint density at radius 3 is 2.59 bits per heavy atom. The molecule has 1 aliphatic rings. The van der Waals surface area contributed by atoms with Crippen LogP contribution in [-0.2, 0) is 6.54 Å². The van der Waals surface area contributed by atoms with Crippen molar-refractivity contribution < 1.29 is 19.0 Å². The number of aromatic nitrogens is 5. The van der Waals surface area contributed by atoms with Crippen LogP contribution in [0.2, 0.25) is 0 Å². The number of carbonyl (C=O) groups excluding carboxylic acids is 1. The molecule has 6 rings (SSSR count). The second-order valence-electron chi connectivity index (χ2n) is 10.2. The molecule has 2 heterocycles. The monoisotopic (exact) mass is 606 g/mol. The highest BCUT2D eigenvalue weighted by Crippen LogP contribution is 2.36. The fourth-order valence-corrected chi connectivity index (χ4v) is 5.58. The maximum absolute atomic E-state index is 13.4. The normalized spacial score (nSPS) is 12.5. The van der Waals surface area contributed by atoms with Crippen LogP contribution in [0.3, 0.4) is 0 Å². The third kappa shape index (κ3) is 6.26. The molecule has 11 heteroatoms. The molecule has 222 valence electrons. The van der Waals surface area contributed by atoms with Crippen molar-refractivity contribution in [2.75, 3.05) is 26.6 Å². The summed E-state index contributed by atoms with van der Waals surface area (Å²) in [7, 11) is 4.69. The second kappa shape index (κ2) is 13.0. The molecule has 0 spiro atoms. The van der Waals surface area contributed by atoms with Gasteiger partial charge in [-0.3, -0.25) is 4.79 Å². The van der Waals surface area contributed by atoms with Gasteiger partial charge < -0.3 is 19.5 Å². The lowest BCUT2D eigenvalue weighted by molar-refractivity contribution is 0.102. The molecule has 0 aliphatic heterocycles. The van der Waals surface area contributed by atoms with Gasteiger partial charge >= 0.3 is 0 Å². The lowest BCUT2D eigenvalue weighted by Gasteiger charge is -2.22. The van der Waals surface area contributed by atoms with Crippen molar-refractivity contribution in [1.29, 1.82) is 0 Å². The van der Waals surface area contributed by atoms with Crippen LogP contribution in [0.4, 0.5) is 5.69 Å². The quantitative estimate of drug-likeness (QED) is 0.210. The van der Waals surface area contributed by atoms with Crippen LogP contribution in [-0.4, -0.2) is 52.4 Å². The van der Waals surface area contributed by atoms with E-state index in [4.69, 9.17) is 14.2 Å². The lowest BCUT2D eigenvalue weighted by atomic mass is 9.83. The molecule has 10 nitrogen and oxygen atoms in total. The Hall–Kier alpha value is -5.21. The maximum atomic E-state index is 13.4. The van der Waals surface area contributed by atoms with Crippen molar-refractivity contribution in [2.24, 2.45) is 0 Å². The maximum Gasteiger partial charge on any atom is 0.259 e. The van der Waals surface area contributed by atoms with E-state index in [1.54, 1.807) is 49.8 Å². The van der Waals surface area contributed by atoms with Gasteiger partial charge in [-0.1, -0.05) is 30.5 Å². The zero-order chi connectivity index (χ0) is 30.5. The Bertz CT molecular complexity index is 1850. The van der Waals surface area contributed by atoms with E-state index in [-0.39, 0.29) is 5.91 Å². The molecule has 5 aromatic rings. The highest BCUT2D eigenvalue weighted by Gasteiger charge is 2.22. The van der Waals surface area contributed by atoms with E-state index in [1.165, 1.54) is 31.2 Å². The number of hydrogen-bond acceptors (Lipinski definition) is 9. The highest BCUT2D eigenvalue weighted by molar-refractivity contribution is 7.10. The van der Waals surface area contributed by atoms with E-state index >= 15 is 0 Å². The third-order valence-corrected chi connectivity index (χ3v) is 8.23. The van der Waals surface area contributed by atoms with Gasteiger partial charge in [0.25, 0.3) is 5.91 Å². The Labute approximate surface area is 259 Å². The molecule has 1 fully saturated rings. The number of tetrazole rings is 1. The first kappa shape index (κ1) is 28.9. The van der Waals surface area contributed by atoms with Crippen LogP contribution in [0.5, 0.6) is 17.2 Å². The molecule has 0 unspecified atom stereocenters. The summed E-state index contributed by atoms with van der Waals surface area (Å²) in [4.78, 5) is 19.6. The number of nitrogens with zero attached hydrogens (tertiary/aromatic N) is 5. The highest BCUT2D eigenvalue weighted by atomic mass is 32.1. The molecule has 3 aromatic carbocycles.